The third-order valence-corrected chi connectivity index (χ3v) is 3.94. The summed E-state index contributed by atoms with van der Waals surface area (Å²) in [6, 6.07) is 13.0. The van der Waals surface area contributed by atoms with E-state index in [0.29, 0.717) is 6.04 Å². The van der Waals surface area contributed by atoms with E-state index in [1.54, 1.807) is 7.11 Å². The summed E-state index contributed by atoms with van der Waals surface area (Å²) in [6.07, 6.45) is 5.24. The summed E-state index contributed by atoms with van der Waals surface area (Å²) in [5, 5.41) is 3.61. The van der Waals surface area contributed by atoms with E-state index >= 15 is 0 Å². The number of methoxy groups -OCH3 is 1. The van der Waals surface area contributed by atoms with Crippen LogP contribution in [0, 0.1) is 0 Å². The highest BCUT2D eigenvalue weighted by molar-refractivity contribution is 5.37. The van der Waals surface area contributed by atoms with Crippen LogP contribution in [0.15, 0.2) is 42.6 Å². The lowest BCUT2D eigenvalue weighted by atomic mass is 9.88. The van der Waals surface area contributed by atoms with Crippen molar-refractivity contribution in [2.75, 3.05) is 7.11 Å². The van der Waals surface area contributed by atoms with Crippen molar-refractivity contribution in [2.24, 2.45) is 0 Å². The molecule has 3 rings (SSSR count). The fraction of sp³-hybridized carbons (Fsp3) is 0.353. The van der Waals surface area contributed by atoms with Crippen LogP contribution in [0.4, 0.5) is 0 Å². The minimum Gasteiger partial charge on any atom is -0.497 e. The molecule has 0 amide bonds. The topological polar surface area (TPSA) is 34.1 Å². The molecular weight excluding hydrogens is 248 g/mol. The fourth-order valence-electron chi connectivity index (χ4n) is 2.79. The standard InChI is InChI=1S/C17H20N2O/c1-20-17-8-6-13-5-7-15(10-14(13)11-17)19-12-16-4-2-3-9-18-16/h2-4,6,8-9,11,15,19H,5,7,10,12H2,1H3. The predicted molar refractivity (Wildman–Crippen MR) is 79.9 cm³/mol. The Kier molecular flexibility index (Phi) is 3.97. The zero-order valence-electron chi connectivity index (χ0n) is 11.8. The molecule has 1 atom stereocenters. The Morgan fingerprint density at radius 3 is 3.00 bits per heavy atom. The minimum atomic E-state index is 0.525. The summed E-state index contributed by atoms with van der Waals surface area (Å²) >= 11 is 0. The molecule has 1 unspecified atom stereocenters. The highest BCUT2D eigenvalue weighted by Crippen LogP contribution is 2.25. The summed E-state index contributed by atoms with van der Waals surface area (Å²) in [6.45, 7) is 0.838. The van der Waals surface area contributed by atoms with Crippen molar-refractivity contribution in [3.8, 4) is 5.75 Å². The van der Waals surface area contributed by atoms with E-state index in [-0.39, 0.29) is 0 Å². The van der Waals surface area contributed by atoms with E-state index < -0.39 is 0 Å². The molecule has 20 heavy (non-hydrogen) atoms. The smallest absolute Gasteiger partial charge is 0.119 e. The largest absolute Gasteiger partial charge is 0.497 e. The first kappa shape index (κ1) is 13.1. The molecule has 0 saturated heterocycles. The molecule has 1 aliphatic rings. The molecule has 0 spiro atoms. The van der Waals surface area contributed by atoms with E-state index in [4.69, 9.17) is 4.74 Å². The summed E-state index contributed by atoms with van der Waals surface area (Å²) in [7, 11) is 1.72. The number of aryl methyl sites for hydroxylation is 1. The first-order chi connectivity index (χ1) is 9.85. The maximum atomic E-state index is 5.31. The highest BCUT2D eigenvalue weighted by atomic mass is 16.5. The van der Waals surface area contributed by atoms with Crippen LogP contribution in [0.1, 0.15) is 23.2 Å². The Hall–Kier alpha value is -1.87. The van der Waals surface area contributed by atoms with Gasteiger partial charge in [0.05, 0.1) is 12.8 Å². The van der Waals surface area contributed by atoms with Gasteiger partial charge in [-0.3, -0.25) is 4.98 Å². The van der Waals surface area contributed by atoms with Gasteiger partial charge in [-0.15, -0.1) is 0 Å². The number of rotatable bonds is 4. The molecule has 0 saturated carbocycles. The SMILES string of the molecule is COc1ccc2c(c1)CC(NCc1ccccn1)CC2. The zero-order chi connectivity index (χ0) is 13.8. The van der Waals surface area contributed by atoms with E-state index in [1.165, 1.54) is 17.5 Å². The van der Waals surface area contributed by atoms with Gasteiger partial charge in [0.25, 0.3) is 0 Å². The van der Waals surface area contributed by atoms with Crippen molar-refractivity contribution in [1.29, 1.82) is 0 Å². The maximum absolute atomic E-state index is 5.31. The maximum Gasteiger partial charge on any atom is 0.119 e. The lowest BCUT2D eigenvalue weighted by Gasteiger charge is -2.26. The van der Waals surface area contributed by atoms with Gasteiger partial charge in [-0.05, 0) is 54.7 Å². The van der Waals surface area contributed by atoms with Gasteiger partial charge in [0.1, 0.15) is 5.75 Å². The highest BCUT2D eigenvalue weighted by Gasteiger charge is 2.18. The Labute approximate surface area is 120 Å². The van der Waals surface area contributed by atoms with E-state index in [9.17, 15) is 0 Å². The average Bonchev–Trinajstić information content (AvgIpc) is 2.53. The average molecular weight is 268 g/mol. The van der Waals surface area contributed by atoms with Crippen LogP contribution in [0.3, 0.4) is 0 Å². The summed E-state index contributed by atoms with van der Waals surface area (Å²) < 4.78 is 5.31. The van der Waals surface area contributed by atoms with E-state index in [1.807, 2.05) is 18.3 Å². The van der Waals surface area contributed by atoms with Gasteiger partial charge < -0.3 is 10.1 Å². The molecule has 1 aliphatic carbocycles. The second-order valence-corrected chi connectivity index (χ2v) is 5.28. The Morgan fingerprint density at radius 2 is 2.20 bits per heavy atom. The number of benzene rings is 1. The van der Waals surface area contributed by atoms with Crippen molar-refractivity contribution in [1.82, 2.24) is 10.3 Å². The second-order valence-electron chi connectivity index (χ2n) is 5.28. The van der Waals surface area contributed by atoms with Crippen LogP contribution in [-0.2, 0) is 19.4 Å². The number of hydrogen-bond acceptors (Lipinski definition) is 3. The summed E-state index contributed by atoms with van der Waals surface area (Å²) in [4.78, 5) is 4.35. The minimum absolute atomic E-state index is 0.525. The molecule has 0 aliphatic heterocycles. The molecular formula is C17H20N2O. The van der Waals surface area contributed by atoms with Gasteiger partial charge >= 0.3 is 0 Å². The van der Waals surface area contributed by atoms with Crippen molar-refractivity contribution in [2.45, 2.75) is 31.8 Å². The number of nitrogens with zero attached hydrogens (tertiary/aromatic N) is 1. The van der Waals surface area contributed by atoms with E-state index in [0.717, 1.165) is 30.8 Å². The third kappa shape index (κ3) is 2.99. The molecule has 1 N–H and O–H groups in total. The molecule has 1 heterocycles. The third-order valence-electron chi connectivity index (χ3n) is 3.94. The second kappa shape index (κ2) is 6.06. The number of fused-ring (bicyclic) bond motifs is 1. The number of pyridine rings is 1. The van der Waals surface area contributed by atoms with Crippen molar-refractivity contribution < 1.29 is 4.74 Å². The van der Waals surface area contributed by atoms with Crippen molar-refractivity contribution in [3.05, 3.63) is 59.4 Å². The lowest BCUT2D eigenvalue weighted by Crippen LogP contribution is -2.34. The fourth-order valence-corrected chi connectivity index (χ4v) is 2.79. The van der Waals surface area contributed by atoms with Crippen LogP contribution in [0.5, 0.6) is 5.75 Å². The van der Waals surface area contributed by atoms with Crippen LogP contribution in [-0.4, -0.2) is 18.1 Å². The van der Waals surface area contributed by atoms with Gasteiger partial charge in [0.15, 0.2) is 0 Å². The molecule has 3 heteroatoms. The monoisotopic (exact) mass is 268 g/mol. The number of hydrogen-bond donors (Lipinski definition) is 1. The zero-order valence-corrected chi connectivity index (χ0v) is 11.8. The van der Waals surface area contributed by atoms with Gasteiger partial charge in [-0.1, -0.05) is 12.1 Å². The first-order valence-corrected chi connectivity index (χ1v) is 7.14. The van der Waals surface area contributed by atoms with Gasteiger partial charge in [-0.2, -0.15) is 0 Å². The number of ether oxygens (including phenoxy) is 1. The Morgan fingerprint density at radius 1 is 1.25 bits per heavy atom. The predicted octanol–water partition coefficient (Wildman–Crippen LogP) is 2.74. The quantitative estimate of drug-likeness (QED) is 0.926. The Balaban J connectivity index is 1.63. The van der Waals surface area contributed by atoms with Crippen LogP contribution in [0.25, 0.3) is 0 Å². The van der Waals surface area contributed by atoms with Gasteiger partial charge in [-0.25, -0.2) is 0 Å². The van der Waals surface area contributed by atoms with Crippen LogP contribution < -0.4 is 10.1 Å². The normalized spacial score (nSPS) is 17.6. The van der Waals surface area contributed by atoms with Crippen molar-refractivity contribution >= 4 is 0 Å². The van der Waals surface area contributed by atoms with Crippen molar-refractivity contribution in [3.63, 3.8) is 0 Å². The molecule has 2 aromatic rings. The summed E-state index contributed by atoms with van der Waals surface area (Å²) in [5.41, 5.74) is 3.97. The van der Waals surface area contributed by atoms with Gasteiger partial charge in [0, 0.05) is 18.8 Å². The number of aromatic nitrogens is 1. The van der Waals surface area contributed by atoms with Crippen LogP contribution in [0.2, 0.25) is 0 Å². The summed E-state index contributed by atoms with van der Waals surface area (Å²) in [5.74, 6) is 0.953. The Bertz CT molecular complexity index is 568. The number of nitrogens with one attached hydrogen (secondary N) is 1. The first-order valence-electron chi connectivity index (χ1n) is 7.14. The molecule has 0 radical (unpaired) electrons. The molecule has 1 aromatic carbocycles. The molecule has 1 aromatic heterocycles. The van der Waals surface area contributed by atoms with Gasteiger partial charge in [0.2, 0.25) is 0 Å². The molecule has 104 valence electrons. The molecule has 0 bridgehead atoms. The lowest BCUT2D eigenvalue weighted by molar-refractivity contribution is 0.410. The van der Waals surface area contributed by atoms with Crippen LogP contribution >= 0.6 is 0 Å². The van der Waals surface area contributed by atoms with E-state index in [2.05, 4.69) is 34.6 Å². The molecule has 0 fully saturated rings. The molecule has 3 nitrogen and oxygen atoms in total.